The monoisotopic (exact) mass is 176 g/mol. The molecule has 0 unspecified atom stereocenters. The highest BCUT2D eigenvalue weighted by molar-refractivity contribution is 9.09. The summed E-state index contributed by atoms with van der Waals surface area (Å²) in [6, 6.07) is 0. The van der Waals surface area contributed by atoms with Crippen molar-refractivity contribution in [3.63, 3.8) is 0 Å². The van der Waals surface area contributed by atoms with Crippen LogP contribution >= 0.6 is 15.9 Å². The second-order valence-corrected chi connectivity index (χ2v) is 3.26. The van der Waals surface area contributed by atoms with Crippen LogP contribution < -0.4 is 0 Å². The van der Waals surface area contributed by atoms with Crippen LogP contribution in [0.2, 0.25) is 0 Å². The first-order chi connectivity index (χ1) is 2.56. The van der Waals surface area contributed by atoms with Crippen molar-refractivity contribution in [2.45, 2.75) is 20.8 Å². The van der Waals surface area contributed by atoms with Crippen LogP contribution in [-0.4, -0.2) is 28.4 Å². The van der Waals surface area contributed by atoms with Crippen LogP contribution in [0.15, 0.2) is 0 Å². The fourth-order valence-corrected chi connectivity index (χ4v) is 0. The van der Waals surface area contributed by atoms with Crippen molar-refractivity contribution < 1.29 is 0 Å². The molecule has 2 heteroatoms. The Morgan fingerprint density at radius 2 is 1.43 bits per heavy atom. The summed E-state index contributed by atoms with van der Waals surface area (Å²) < 4.78 is 0. The smallest absolute Gasteiger partial charge is 0.0922 e. The van der Waals surface area contributed by atoms with Crippen LogP contribution in [0.5, 0.6) is 0 Å². The predicted octanol–water partition coefficient (Wildman–Crippen LogP) is 1.51. The third-order valence-electron chi connectivity index (χ3n) is 0.401. The van der Waals surface area contributed by atoms with Crippen molar-refractivity contribution in [1.29, 1.82) is 0 Å². The van der Waals surface area contributed by atoms with E-state index in [0.717, 1.165) is 5.33 Å². The highest BCUT2D eigenvalue weighted by Gasteiger charge is 2.04. The standard InChI is InChI=1S/C5H11Br.Mg.2H/c1-5(2,3)4-6;;;/h4H2,1-3H3;;;. The highest BCUT2D eigenvalue weighted by Crippen LogP contribution is 2.14. The zero-order chi connectivity index (χ0) is 5.21. The maximum absolute atomic E-state index is 3.37. The Kier molecular flexibility index (Phi) is 6.59. The maximum Gasteiger partial charge on any atom is 0.316 e. The second-order valence-electron chi connectivity index (χ2n) is 2.69. The molecule has 7 heavy (non-hydrogen) atoms. The van der Waals surface area contributed by atoms with Gasteiger partial charge in [0.1, 0.15) is 0 Å². The molecule has 0 radical (unpaired) electrons. The van der Waals surface area contributed by atoms with Crippen molar-refractivity contribution in [3.05, 3.63) is 0 Å². The quantitative estimate of drug-likeness (QED) is 0.389. The van der Waals surface area contributed by atoms with Gasteiger partial charge < -0.3 is 0 Å². The third-order valence-corrected chi connectivity index (χ3v) is 2.08. The Bertz CT molecular complexity index is 37.8. The summed E-state index contributed by atoms with van der Waals surface area (Å²) in [5.41, 5.74) is 0.458. The SMILES string of the molecule is CC(C)(C)CBr.[MgH2]. The van der Waals surface area contributed by atoms with Crippen molar-refractivity contribution in [2.75, 3.05) is 5.33 Å². The van der Waals surface area contributed by atoms with Gasteiger partial charge in [0.2, 0.25) is 0 Å². The van der Waals surface area contributed by atoms with Gasteiger partial charge in [-0.05, 0) is 5.41 Å². The molecule has 0 saturated carbocycles. The molecule has 0 saturated heterocycles. The predicted molar refractivity (Wildman–Crippen MR) is 41.8 cm³/mol. The lowest BCUT2D eigenvalue weighted by Crippen LogP contribution is -2.04. The summed E-state index contributed by atoms with van der Waals surface area (Å²) in [6.45, 7) is 6.59. The number of hydrogen-bond acceptors (Lipinski definition) is 0. The summed E-state index contributed by atoms with van der Waals surface area (Å²) in [5.74, 6) is 0. The molecule has 0 atom stereocenters. The van der Waals surface area contributed by atoms with Crippen LogP contribution in [0.1, 0.15) is 20.8 Å². The maximum atomic E-state index is 3.37. The van der Waals surface area contributed by atoms with E-state index in [4.69, 9.17) is 0 Å². The Balaban J connectivity index is 0. The highest BCUT2D eigenvalue weighted by atomic mass is 79.9. The molecule has 0 spiro atoms. The molecule has 0 bridgehead atoms. The van der Waals surface area contributed by atoms with Gasteiger partial charge in [-0.15, -0.1) is 0 Å². The summed E-state index contributed by atoms with van der Waals surface area (Å²) in [4.78, 5) is 0. The molecular weight excluding hydrogens is 164 g/mol. The van der Waals surface area contributed by atoms with Crippen LogP contribution in [0.25, 0.3) is 0 Å². The summed E-state index contributed by atoms with van der Waals surface area (Å²) >= 11 is 3.37. The minimum Gasteiger partial charge on any atom is -0.0922 e. The van der Waals surface area contributed by atoms with Gasteiger partial charge in [-0.25, -0.2) is 0 Å². The van der Waals surface area contributed by atoms with Gasteiger partial charge >= 0.3 is 23.1 Å². The lowest BCUT2D eigenvalue weighted by Gasteiger charge is -2.11. The van der Waals surface area contributed by atoms with Crippen molar-refractivity contribution in [3.8, 4) is 0 Å². The Morgan fingerprint density at radius 3 is 1.43 bits per heavy atom. The molecule has 0 aromatic carbocycles. The van der Waals surface area contributed by atoms with Crippen LogP contribution in [0, 0.1) is 5.41 Å². The molecule has 0 nitrogen and oxygen atoms in total. The zero-order valence-electron chi connectivity index (χ0n) is 4.59. The first kappa shape index (κ1) is 11.1. The topological polar surface area (TPSA) is 0 Å². The average molecular weight is 177 g/mol. The van der Waals surface area contributed by atoms with Gasteiger partial charge in [-0.2, -0.15) is 0 Å². The number of alkyl halides is 1. The lowest BCUT2D eigenvalue weighted by atomic mass is 10.0. The normalized spacial score (nSPS) is 10.3. The Labute approximate surface area is 70.3 Å². The number of rotatable bonds is 0. The van der Waals surface area contributed by atoms with E-state index in [0.29, 0.717) is 5.41 Å². The van der Waals surface area contributed by atoms with Gasteiger partial charge in [-0.1, -0.05) is 36.7 Å². The molecule has 0 aromatic heterocycles. The molecule has 0 aliphatic carbocycles. The molecule has 0 aliphatic heterocycles. The van der Waals surface area contributed by atoms with E-state index in [-0.39, 0.29) is 23.1 Å². The van der Waals surface area contributed by atoms with Crippen molar-refractivity contribution >= 4 is 39.0 Å². The van der Waals surface area contributed by atoms with E-state index in [1.807, 2.05) is 0 Å². The largest absolute Gasteiger partial charge is 0.316 e. The summed E-state index contributed by atoms with van der Waals surface area (Å²) in [5, 5.41) is 1.08. The van der Waals surface area contributed by atoms with Gasteiger partial charge in [0.05, 0.1) is 0 Å². The summed E-state index contributed by atoms with van der Waals surface area (Å²) in [7, 11) is 0. The van der Waals surface area contributed by atoms with Gasteiger partial charge in [0.25, 0.3) is 0 Å². The molecular formula is C5H13BrMg. The van der Waals surface area contributed by atoms with E-state index in [1.165, 1.54) is 0 Å². The van der Waals surface area contributed by atoms with E-state index in [2.05, 4.69) is 36.7 Å². The van der Waals surface area contributed by atoms with Gasteiger partial charge in [0.15, 0.2) is 0 Å². The molecule has 0 amide bonds. The van der Waals surface area contributed by atoms with Crippen molar-refractivity contribution in [2.24, 2.45) is 5.41 Å². The number of halogens is 1. The zero-order valence-corrected chi connectivity index (χ0v) is 6.17. The lowest BCUT2D eigenvalue weighted by molar-refractivity contribution is 0.484. The molecule has 0 heterocycles. The van der Waals surface area contributed by atoms with Gasteiger partial charge in [-0.3, -0.25) is 0 Å². The Morgan fingerprint density at radius 1 is 1.29 bits per heavy atom. The first-order valence-electron chi connectivity index (χ1n) is 2.12. The average Bonchev–Trinajstić information content (AvgIpc) is 1.35. The second kappa shape index (κ2) is 4.16. The molecule has 42 valence electrons. The molecule has 0 aromatic rings. The molecule has 0 N–H and O–H groups in total. The number of hydrogen-bond donors (Lipinski definition) is 0. The van der Waals surface area contributed by atoms with Crippen LogP contribution in [0.3, 0.4) is 0 Å². The Hall–Kier alpha value is 1.25. The fraction of sp³-hybridized carbons (Fsp3) is 1.00. The molecule has 0 fully saturated rings. The van der Waals surface area contributed by atoms with Crippen LogP contribution in [0.4, 0.5) is 0 Å². The van der Waals surface area contributed by atoms with E-state index in [1.54, 1.807) is 0 Å². The van der Waals surface area contributed by atoms with E-state index in [9.17, 15) is 0 Å². The van der Waals surface area contributed by atoms with E-state index < -0.39 is 0 Å². The first-order valence-corrected chi connectivity index (χ1v) is 3.24. The van der Waals surface area contributed by atoms with Crippen molar-refractivity contribution in [1.82, 2.24) is 0 Å². The van der Waals surface area contributed by atoms with Crippen LogP contribution in [-0.2, 0) is 0 Å². The fourth-order valence-electron chi connectivity index (χ4n) is 0. The summed E-state index contributed by atoms with van der Waals surface area (Å²) in [6.07, 6.45) is 0. The van der Waals surface area contributed by atoms with E-state index >= 15 is 0 Å². The molecule has 0 aliphatic rings. The van der Waals surface area contributed by atoms with Gasteiger partial charge in [0, 0.05) is 5.33 Å². The minimum absolute atomic E-state index is 0. The molecule has 0 rings (SSSR count). The minimum atomic E-state index is 0. The third kappa shape index (κ3) is 11.1.